The third-order valence-electron chi connectivity index (χ3n) is 18.9. The second kappa shape index (κ2) is 75.4. The van der Waals surface area contributed by atoms with Crippen molar-refractivity contribution < 1.29 is 76.7 Å². The quantitative estimate of drug-likeness (QED) is 0.0404. The zero-order chi connectivity index (χ0) is 71.8. The molecule has 0 aliphatic carbocycles. The molecule has 91 heavy (non-hydrogen) atoms. The summed E-state index contributed by atoms with van der Waals surface area (Å²) in [6, 6.07) is 0. The van der Waals surface area contributed by atoms with Gasteiger partial charge in [0.15, 0.2) is 0 Å². The lowest BCUT2D eigenvalue weighted by molar-refractivity contribution is -0.119. The molecule has 0 bridgehead atoms. The van der Waals surface area contributed by atoms with E-state index in [9.17, 15) is 76.7 Å². The van der Waals surface area contributed by atoms with Crippen LogP contribution in [0.5, 0.6) is 0 Å². The minimum absolute atomic E-state index is 0.0521. The molecule has 0 aromatic rings. The lowest BCUT2D eigenvalue weighted by Crippen LogP contribution is -2.20. The van der Waals surface area contributed by atoms with Gasteiger partial charge in [0.2, 0.25) is 0 Å². The normalized spacial score (nSPS) is 13.8. The summed E-state index contributed by atoms with van der Waals surface area (Å²) in [5, 5.41) is 0. The van der Waals surface area contributed by atoms with Gasteiger partial charge in [0, 0.05) is 98.2 Å². The first-order chi connectivity index (χ1) is 43.7. The molecule has 0 aromatic heterocycles. The van der Waals surface area contributed by atoms with E-state index in [1.54, 1.807) is 0 Å². The van der Waals surface area contributed by atoms with E-state index < -0.39 is 0 Å². The summed E-state index contributed by atoms with van der Waals surface area (Å²) in [6.45, 7) is 32.2. The number of unbranched alkanes of at least 4 members (excludes halogenated alkanes) is 1. The second-order valence-electron chi connectivity index (χ2n) is 23.8. The van der Waals surface area contributed by atoms with Crippen molar-refractivity contribution in [3.05, 3.63) is 0 Å². The molecule has 0 spiro atoms. The first kappa shape index (κ1) is 102. The van der Waals surface area contributed by atoms with E-state index in [0.29, 0.717) is 63.2 Å². The first-order valence-corrected chi connectivity index (χ1v) is 34.8. The highest BCUT2D eigenvalue weighted by atomic mass is 16.2. The van der Waals surface area contributed by atoms with Crippen LogP contribution in [0.1, 0.15) is 303 Å². The summed E-state index contributed by atoms with van der Waals surface area (Å²) < 4.78 is 0. The second-order valence-corrected chi connectivity index (χ2v) is 23.8. The van der Waals surface area contributed by atoms with E-state index in [2.05, 4.69) is 27.7 Å². The number of rotatable bonds is 51. The summed E-state index contributed by atoms with van der Waals surface area (Å²) in [7, 11) is 0. The van der Waals surface area contributed by atoms with Gasteiger partial charge < -0.3 is 76.7 Å². The smallest absolute Gasteiger partial charge is 0.126 e. The fraction of sp³-hybridized carbons (Fsp3) is 0.787. The predicted molar refractivity (Wildman–Crippen MR) is 369 cm³/mol. The average molecular weight is 1290 g/mol. The number of carbonyl (C=O) groups excluding carboxylic acids is 16. The maximum absolute atomic E-state index is 10.8. The molecule has 0 radical (unpaired) electrons. The number of aldehydes is 16. The van der Waals surface area contributed by atoms with Crippen LogP contribution in [0, 0.1) is 75.4 Å². The molecule has 0 amide bonds. The zero-order valence-electron chi connectivity index (χ0n) is 60.3. The highest BCUT2D eigenvalue weighted by Crippen LogP contribution is 2.35. The SMILES string of the molecule is CCC(C=O)(CC)CCCC=O.CCC(C=O)C(C=O)CC.CCC(C=O)C(CC)CC=O.CCC(C=O)CC(C=O)CC.CCC(C=O)CCC(C=O)CC.CCC(CC)(CC=O)CC=O.CCC(CC)(CC=O)CCC=O.CCC(CC=O)C(CC)CC=O. The van der Waals surface area contributed by atoms with Crippen LogP contribution in [0.3, 0.4) is 0 Å². The van der Waals surface area contributed by atoms with Gasteiger partial charge in [-0.25, -0.2) is 0 Å². The molecule has 0 aliphatic heterocycles. The molecule has 0 saturated heterocycles. The molecule has 0 N–H and O–H groups in total. The highest BCUT2D eigenvalue weighted by molar-refractivity contribution is 5.64. The van der Waals surface area contributed by atoms with Gasteiger partial charge in [0.1, 0.15) is 101 Å². The number of carbonyl (C=O) groups is 16. The lowest BCUT2D eigenvalue weighted by atomic mass is 9.76. The Hall–Kier alpha value is -5.28. The Kier molecular flexibility index (Phi) is 84.4. The number of hydrogen-bond donors (Lipinski definition) is 0. The molecule has 16 heteroatoms. The Morgan fingerprint density at radius 2 is 0.593 bits per heavy atom. The minimum Gasteiger partial charge on any atom is -0.303 e. The minimum atomic E-state index is -0.164. The van der Waals surface area contributed by atoms with Gasteiger partial charge in [-0.1, -0.05) is 143 Å². The molecule has 16 nitrogen and oxygen atoms in total. The van der Waals surface area contributed by atoms with Crippen molar-refractivity contribution in [2.24, 2.45) is 75.4 Å². The van der Waals surface area contributed by atoms with Gasteiger partial charge in [0.25, 0.3) is 0 Å². The number of hydrogen-bond acceptors (Lipinski definition) is 16. The van der Waals surface area contributed by atoms with E-state index in [-0.39, 0.29) is 63.6 Å². The third-order valence-corrected chi connectivity index (χ3v) is 18.9. The molecule has 0 fully saturated rings. The maximum atomic E-state index is 10.8. The molecule has 530 valence electrons. The highest BCUT2D eigenvalue weighted by Gasteiger charge is 2.27. The van der Waals surface area contributed by atoms with Crippen LogP contribution in [0.15, 0.2) is 0 Å². The van der Waals surface area contributed by atoms with E-state index in [4.69, 9.17) is 0 Å². The monoisotopic (exact) mass is 1290 g/mol. The van der Waals surface area contributed by atoms with Crippen molar-refractivity contribution in [2.45, 2.75) is 303 Å². The van der Waals surface area contributed by atoms with Gasteiger partial charge in [-0.2, -0.15) is 0 Å². The Labute approximate surface area is 553 Å². The van der Waals surface area contributed by atoms with Crippen molar-refractivity contribution in [1.29, 1.82) is 0 Å². The Balaban J connectivity index is -0.000000144. The van der Waals surface area contributed by atoms with E-state index in [1.807, 2.05) is 83.1 Å². The summed E-state index contributed by atoms with van der Waals surface area (Å²) in [4.78, 5) is 166. The topological polar surface area (TPSA) is 273 Å². The molecule has 10 atom stereocenters. The van der Waals surface area contributed by atoms with Gasteiger partial charge in [-0.3, -0.25) is 0 Å². The fourth-order valence-electron chi connectivity index (χ4n) is 10.3. The molecular weight excluding hydrogens is 1160 g/mol. The molecule has 0 aliphatic rings. The van der Waals surface area contributed by atoms with Gasteiger partial charge in [-0.05, 0) is 138 Å². The molecule has 10 unspecified atom stereocenters. The lowest BCUT2D eigenvalue weighted by Gasteiger charge is -2.28. The molecule has 0 heterocycles. The van der Waals surface area contributed by atoms with E-state index in [1.165, 1.54) is 0 Å². The van der Waals surface area contributed by atoms with Gasteiger partial charge >= 0.3 is 0 Å². The van der Waals surface area contributed by atoms with Crippen molar-refractivity contribution >= 4 is 101 Å². The molecular formula is C75H134O16. The Morgan fingerprint density at radius 1 is 0.275 bits per heavy atom. The molecule has 0 aromatic carbocycles. The molecule has 0 saturated carbocycles. The average Bonchev–Trinajstić information content (AvgIpc) is 3.49. The van der Waals surface area contributed by atoms with E-state index in [0.717, 1.165) is 242 Å². The van der Waals surface area contributed by atoms with E-state index >= 15 is 0 Å². The summed E-state index contributed by atoms with van der Waals surface area (Å²) >= 11 is 0. The summed E-state index contributed by atoms with van der Waals surface area (Å²) in [6.07, 6.45) is 38.9. The zero-order valence-corrected chi connectivity index (χ0v) is 60.3. The standard InChI is InChI=1S/4C10H18O2.3C9H16O2.C8H14O2/c1-3-9(5-7-11)10(4-2)6-8-12;1-3-9(7-11)5-6-10(4-2)8-12;1-3-10(4-2,7-9-12)6-5-8-11;1-3-10(4-2,9-12)7-5-6-8-11;1-3-8(6-10)5-9(4-2)7-11;1-3-9(4-2,5-7-10)6-8-11;1-3-8(5-6-10)9(4-2)7-11;1-3-7(5-9)8(4-2)6-10/h2*7-10H,3-6H2,1-2H3;2*8-9H,3-7H2,1-2H3;6-9H,3-5H2,1-2H3;7-8H,3-6H2,1-2H3;6-9H,3-5H2,1-2H3;5-8H,3-4H2,1-2H3. The van der Waals surface area contributed by atoms with Crippen molar-refractivity contribution in [3.8, 4) is 0 Å². The van der Waals surface area contributed by atoms with Crippen LogP contribution in [0.4, 0.5) is 0 Å². The van der Waals surface area contributed by atoms with Gasteiger partial charge in [-0.15, -0.1) is 0 Å². The summed E-state index contributed by atoms with van der Waals surface area (Å²) in [5.74, 6) is 1.45. The third kappa shape index (κ3) is 54.9. The Bertz CT molecular complexity index is 1700. The first-order valence-electron chi connectivity index (χ1n) is 34.8. The van der Waals surface area contributed by atoms with Crippen molar-refractivity contribution in [3.63, 3.8) is 0 Å². The van der Waals surface area contributed by atoms with Crippen LogP contribution < -0.4 is 0 Å². The Morgan fingerprint density at radius 3 is 0.813 bits per heavy atom. The summed E-state index contributed by atoms with van der Waals surface area (Å²) in [5.41, 5.74) is -0.130. The van der Waals surface area contributed by atoms with Crippen LogP contribution in [-0.2, 0) is 76.7 Å². The van der Waals surface area contributed by atoms with Crippen molar-refractivity contribution in [1.82, 2.24) is 0 Å². The van der Waals surface area contributed by atoms with Gasteiger partial charge in [0.05, 0.1) is 0 Å². The molecule has 0 rings (SSSR count). The van der Waals surface area contributed by atoms with Crippen LogP contribution >= 0.6 is 0 Å². The maximum Gasteiger partial charge on any atom is 0.126 e. The predicted octanol–water partition coefficient (Wildman–Crippen LogP) is 16.2. The van der Waals surface area contributed by atoms with Crippen LogP contribution in [-0.4, -0.2) is 101 Å². The fourth-order valence-corrected chi connectivity index (χ4v) is 10.3. The van der Waals surface area contributed by atoms with Crippen molar-refractivity contribution in [2.75, 3.05) is 0 Å². The van der Waals surface area contributed by atoms with Crippen LogP contribution in [0.2, 0.25) is 0 Å². The largest absolute Gasteiger partial charge is 0.303 e. The van der Waals surface area contributed by atoms with Crippen LogP contribution in [0.25, 0.3) is 0 Å².